The van der Waals surface area contributed by atoms with E-state index in [9.17, 15) is 9.90 Å². The van der Waals surface area contributed by atoms with Crippen LogP contribution in [0.15, 0.2) is 24.3 Å². The van der Waals surface area contributed by atoms with Crippen LogP contribution in [0.5, 0.6) is 0 Å². The zero-order valence-corrected chi connectivity index (χ0v) is 11.6. The molecule has 19 heavy (non-hydrogen) atoms. The van der Waals surface area contributed by atoms with Gasteiger partial charge in [0, 0.05) is 13.1 Å². The fraction of sp³-hybridized carbons (Fsp3) is 0.533. The third-order valence-electron chi connectivity index (χ3n) is 3.83. The highest BCUT2D eigenvalue weighted by Crippen LogP contribution is 2.24. The number of aryl methyl sites for hydroxylation is 1. The summed E-state index contributed by atoms with van der Waals surface area (Å²) in [6.07, 6.45) is 0.196. The number of benzene rings is 1. The number of hydrogen-bond acceptors (Lipinski definition) is 3. The molecule has 1 fully saturated rings. The van der Waals surface area contributed by atoms with Gasteiger partial charge in [0.25, 0.3) is 0 Å². The minimum atomic E-state index is -0.650. The van der Waals surface area contributed by atoms with Crippen LogP contribution in [0.25, 0.3) is 0 Å². The molecule has 3 N–H and O–H groups in total. The van der Waals surface area contributed by atoms with E-state index in [4.69, 9.17) is 0 Å². The lowest BCUT2D eigenvalue weighted by molar-refractivity contribution is -0.129. The van der Waals surface area contributed by atoms with Gasteiger partial charge in [-0.25, -0.2) is 0 Å². The first kappa shape index (κ1) is 14.0. The Morgan fingerprint density at radius 2 is 2.16 bits per heavy atom. The van der Waals surface area contributed by atoms with Crippen LogP contribution >= 0.6 is 0 Å². The van der Waals surface area contributed by atoms with Gasteiger partial charge < -0.3 is 15.7 Å². The molecule has 0 aromatic heterocycles. The number of carbonyl (C=O) groups is 1. The molecule has 1 aliphatic heterocycles. The summed E-state index contributed by atoms with van der Waals surface area (Å²) in [6.45, 7) is 5.81. The smallest absolute Gasteiger partial charge is 0.227 e. The SMILES string of the molecule is Cc1ccc(C(O)CNC(=O)C2(C)CCNC2)cc1. The second-order valence-corrected chi connectivity index (χ2v) is 5.62. The van der Waals surface area contributed by atoms with Crippen molar-refractivity contribution in [3.63, 3.8) is 0 Å². The van der Waals surface area contributed by atoms with Crippen LogP contribution in [0, 0.1) is 12.3 Å². The molecule has 4 nitrogen and oxygen atoms in total. The predicted molar refractivity (Wildman–Crippen MR) is 74.7 cm³/mol. The van der Waals surface area contributed by atoms with Crippen molar-refractivity contribution in [1.82, 2.24) is 10.6 Å². The molecule has 0 saturated carbocycles. The molecule has 104 valence electrons. The molecule has 0 radical (unpaired) electrons. The van der Waals surface area contributed by atoms with E-state index in [-0.39, 0.29) is 17.9 Å². The lowest BCUT2D eigenvalue weighted by atomic mass is 9.89. The van der Waals surface area contributed by atoms with E-state index in [1.54, 1.807) is 0 Å². The van der Waals surface area contributed by atoms with Gasteiger partial charge in [0.2, 0.25) is 5.91 Å². The zero-order valence-electron chi connectivity index (χ0n) is 11.6. The molecule has 2 atom stereocenters. The van der Waals surface area contributed by atoms with Crippen LogP contribution in [-0.4, -0.2) is 30.6 Å². The minimum absolute atomic E-state index is 0.0173. The fourth-order valence-corrected chi connectivity index (χ4v) is 2.32. The maximum atomic E-state index is 12.1. The van der Waals surface area contributed by atoms with Gasteiger partial charge in [-0.15, -0.1) is 0 Å². The van der Waals surface area contributed by atoms with Gasteiger partial charge in [0.05, 0.1) is 11.5 Å². The van der Waals surface area contributed by atoms with Gasteiger partial charge in [0.15, 0.2) is 0 Å². The first-order valence-corrected chi connectivity index (χ1v) is 6.75. The van der Waals surface area contributed by atoms with Crippen LogP contribution < -0.4 is 10.6 Å². The van der Waals surface area contributed by atoms with Crippen molar-refractivity contribution in [2.75, 3.05) is 19.6 Å². The molecule has 0 aliphatic carbocycles. The predicted octanol–water partition coefficient (Wildman–Crippen LogP) is 1.14. The van der Waals surface area contributed by atoms with Gasteiger partial charge in [0.1, 0.15) is 0 Å². The first-order valence-electron chi connectivity index (χ1n) is 6.75. The van der Waals surface area contributed by atoms with Crippen LogP contribution in [0.2, 0.25) is 0 Å². The largest absolute Gasteiger partial charge is 0.387 e. The Morgan fingerprint density at radius 1 is 1.47 bits per heavy atom. The highest BCUT2D eigenvalue weighted by Gasteiger charge is 2.36. The highest BCUT2D eigenvalue weighted by atomic mass is 16.3. The van der Waals surface area contributed by atoms with Crippen LogP contribution in [0.4, 0.5) is 0 Å². The molecule has 2 rings (SSSR count). The number of rotatable bonds is 4. The minimum Gasteiger partial charge on any atom is -0.387 e. The summed E-state index contributed by atoms with van der Waals surface area (Å²) in [5, 5.41) is 16.1. The quantitative estimate of drug-likeness (QED) is 0.762. The van der Waals surface area contributed by atoms with E-state index in [0.717, 1.165) is 24.1 Å². The van der Waals surface area contributed by atoms with E-state index >= 15 is 0 Å². The number of aliphatic hydroxyl groups is 1. The Labute approximate surface area is 114 Å². The van der Waals surface area contributed by atoms with Gasteiger partial charge in [-0.2, -0.15) is 0 Å². The molecular formula is C15H22N2O2. The van der Waals surface area contributed by atoms with E-state index in [0.29, 0.717) is 6.54 Å². The molecule has 1 aromatic rings. The zero-order chi connectivity index (χ0) is 13.9. The van der Waals surface area contributed by atoms with E-state index in [2.05, 4.69) is 10.6 Å². The van der Waals surface area contributed by atoms with Crippen molar-refractivity contribution in [3.05, 3.63) is 35.4 Å². The van der Waals surface area contributed by atoms with Gasteiger partial charge in [-0.3, -0.25) is 4.79 Å². The second kappa shape index (κ2) is 5.72. The van der Waals surface area contributed by atoms with Crippen LogP contribution in [-0.2, 0) is 4.79 Å². The Balaban J connectivity index is 1.88. The van der Waals surface area contributed by atoms with Crippen molar-refractivity contribution in [1.29, 1.82) is 0 Å². The summed E-state index contributed by atoms with van der Waals surface area (Å²) < 4.78 is 0. The number of carbonyl (C=O) groups excluding carboxylic acids is 1. The number of nitrogens with one attached hydrogen (secondary N) is 2. The fourth-order valence-electron chi connectivity index (χ4n) is 2.32. The average Bonchev–Trinajstić information content (AvgIpc) is 2.84. The molecule has 1 aromatic carbocycles. The Kier molecular flexibility index (Phi) is 4.22. The summed E-state index contributed by atoms with van der Waals surface area (Å²) >= 11 is 0. The van der Waals surface area contributed by atoms with E-state index in [1.165, 1.54) is 0 Å². The molecule has 1 aliphatic rings. The Morgan fingerprint density at radius 3 is 2.74 bits per heavy atom. The molecule has 0 spiro atoms. The van der Waals surface area contributed by atoms with Crippen LogP contribution in [0.1, 0.15) is 30.6 Å². The topological polar surface area (TPSA) is 61.4 Å². The molecule has 1 saturated heterocycles. The standard InChI is InChI=1S/C15H22N2O2/c1-11-3-5-12(6-4-11)13(18)9-17-14(19)15(2)7-8-16-10-15/h3-6,13,16,18H,7-10H2,1-2H3,(H,17,19). The summed E-state index contributed by atoms with van der Waals surface area (Å²) in [4.78, 5) is 12.1. The number of hydrogen-bond donors (Lipinski definition) is 3. The van der Waals surface area contributed by atoms with Crippen molar-refractivity contribution >= 4 is 5.91 Å². The third kappa shape index (κ3) is 3.33. The summed E-state index contributed by atoms with van der Waals surface area (Å²) in [5.41, 5.74) is 1.65. The second-order valence-electron chi connectivity index (χ2n) is 5.62. The maximum absolute atomic E-state index is 12.1. The average molecular weight is 262 g/mol. The lowest BCUT2D eigenvalue weighted by Crippen LogP contribution is -2.41. The lowest BCUT2D eigenvalue weighted by Gasteiger charge is -2.22. The molecule has 0 bridgehead atoms. The number of aliphatic hydroxyl groups excluding tert-OH is 1. The molecule has 1 heterocycles. The molecular weight excluding hydrogens is 240 g/mol. The molecule has 4 heteroatoms. The maximum Gasteiger partial charge on any atom is 0.227 e. The molecule has 2 unspecified atom stereocenters. The van der Waals surface area contributed by atoms with Crippen molar-refractivity contribution in [3.8, 4) is 0 Å². The summed E-state index contributed by atoms with van der Waals surface area (Å²) in [7, 11) is 0. The first-order chi connectivity index (χ1) is 9.01. The summed E-state index contributed by atoms with van der Waals surface area (Å²) in [6, 6.07) is 7.71. The van der Waals surface area contributed by atoms with Gasteiger partial charge >= 0.3 is 0 Å². The van der Waals surface area contributed by atoms with Crippen molar-refractivity contribution in [2.45, 2.75) is 26.4 Å². The van der Waals surface area contributed by atoms with Crippen molar-refractivity contribution in [2.24, 2.45) is 5.41 Å². The van der Waals surface area contributed by atoms with Crippen LogP contribution in [0.3, 0.4) is 0 Å². The van der Waals surface area contributed by atoms with E-state index < -0.39 is 6.10 Å². The Hall–Kier alpha value is -1.39. The third-order valence-corrected chi connectivity index (χ3v) is 3.83. The monoisotopic (exact) mass is 262 g/mol. The van der Waals surface area contributed by atoms with Crippen molar-refractivity contribution < 1.29 is 9.90 Å². The molecule has 1 amide bonds. The number of amides is 1. The van der Waals surface area contributed by atoms with Gasteiger partial charge in [-0.1, -0.05) is 29.8 Å². The summed E-state index contributed by atoms with van der Waals surface area (Å²) in [5.74, 6) is 0.0173. The van der Waals surface area contributed by atoms with Gasteiger partial charge in [-0.05, 0) is 32.4 Å². The normalized spacial score (nSPS) is 24.2. The highest BCUT2D eigenvalue weighted by molar-refractivity contribution is 5.82. The Bertz CT molecular complexity index is 436. The van der Waals surface area contributed by atoms with E-state index in [1.807, 2.05) is 38.1 Å².